The van der Waals surface area contributed by atoms with Crippen molar-refractivity contribution >= 4 is 5.91 Å². The normalized spacial score (nSPS) is 20.6. The Bertz CT molecular complexity index is 250. The van der Waals surface area contributed by atoms with E-state index in [9.17, 15) is 9.90 Å². The highest BCUT2D eigenvalue weighted by molar-refractivity contribution is 5.73. The third kappa shape index (κ3) is 2.59. The van der Waals surface area contributed by atoms with Crippen molar-refractivity contribution in [2.24, 2.45) is 11.3 Å². The van der Waals surface area contributed by atoms with E-state index in [0.717, 1.165) is 12.8 Å². The molecule has 1 atom stereocenters. The number of hydrogen-bond donors (Lipinski definition) is 2. The molecule has 0 aliphatic heterocycles. The summed E-state index contributed by atoms with van der Waals surface area (Å²) in [5, 5.41) is 12.5. The van der Waals surface area contributed by atoms with E-state index in [4.69, 9.17) is 0 Å². The number of aliphatic hydroxyl groups is 1. The molecule has 0 bridgehead atoms. The fraction of sp³-hybridized carbons (Fsp3) is 0.750. The van der Waals surface area contributed by atoms with Crippen molar-refractivity contribution in [1.29, 1.82) is 0 Å². The highest BCUT2D eigenvalue weighted by Crippen LogP contribution is 2.39. The summed E-state index contributed by atoms with van der Waals surface area (Å²) in [4.78, 5) is 11.2. The molecule has 0 aromatic carbocycles. The average molecular weight is 211 g/mol. The van der Waals surface area contributed by atoms with Crippen molar-refractivity contribution in [2.45, 2.75) is 39.7 Å². The molecule has 0 aromatic rings. The van der Waals surface area contributed by atoms with Crippen molar-refractivity contribution in [3.05, 3.63) is 12.2 Å². The molecule has 1 aliphatic rings. The Morgan fingerprint density at radius 1 is 1.47 bits per heavy atom. The summed E-state index contributed by atoms with van der Waals surface area (Å²) >= 11 is 0. The van der Waals surface area contributed by atoms with E-state index in [-0.39, 0.29) is 24.0 Å². The van der Waals surface area contributed by atoms with Crippen molar-refractivity contribution in [3.63, 3.8) is 0 Å². The minimum absolute atomic E-state index is 0.0200. The van der Waals surface area contributed by atoms with E-state index in [1.54, 1.807) is 0 Å². The monoisotopic (exact) mass is 211 g/mol. The maximum atomic E-state index is 11.2. The van der Waals surface area contributed by atoms with Gasteiger partial charge in [0.1, 0.15) is 0 Å². The molecule has 0 fully saturated rings. The Hall–Kier alpha value is -0.830. The van der Waals surface area contributed by atoms with Crippen LogP contribution in [0.3, 0.4) is 0 Å². The first-order valence-electron chi connectivity index (χ1n) is 5.55. The standard InChI is InChI=1S/C12H21NO2/c1-9(2)11(13-10(3)15)12(8-14)6-4-5-7-12/h4-5,9,11,14H,6-8H2,1-3H3,(H,13,15). The first kappa shape index (κ1) is 12.2. The highest BCUT2D eigenvalue weighted by Gasteiger charge is 2.40. The molecule has 0 heterocycles. The largest absolute Gasteiger partial charge is 0.396 e. The number of carbonyl (C=O) groups excluding carboxylic acids is 1. The number of nitrogens with one attached hydrogen (secondary N) is 1. The molecule has 3 heteroatoms. The molecule has 0 spiro atoms. The van der Waals surface area contributed by atoms with Crippen LogP contribution < -0.4 is 5.32 Å². The third-order valence-electron chi connectivity index (χ3n) is 3.22. The molecule has 1 aliphatic carbocycles. The van der Waals surface area contributed by atoms with Crippen LogP contribution in [0.1, 0.15) is 33.6 Å². The number of amides is 1. The summed E-state index contributed by atoms with van der Waals surface area (Å²) in [5.74, 6) is 0.314. The number of hydrogen-bond acceptors (Lipinski definition) is 2. The molecule has 1 rings (SSSR count). The fourth-order valence-electron chi connectivity index (χ4n) is 2.45. The van der Waals surface area contributed by atoms with Gasteiger partial charge < -0.3 is 10.4 Å². The van der Waals surface area contributed by atoms with E-state index in [1.807, 2.05) is 0 Å². The van der Waals surface area contributed by atoms with Gasteiger partial charge >= 0.3 is 0 Å². The molecule has 1 unspecified atom stereocenters. The number of aliphatic hydroxyl groups excluding tert-OH is 1. The van der Waals surface area contributed by atoms with E-state index < -0.39 is 0 Å². The summed E-state index contributed by atoms with van der Waals surface area (Å²) in [7, 11) is 0. The minimum atomic E-state index is -0.181. The molecule has 1 amide bonds. The first-order valence-corrected chi connectivity index (χ1v) is 5.55. The number of carbonyl (C=O) groups is 1. The second-order valence-electron chi connectivity index (χ2n) is 4.82. The topological polar surface area (TPSA) is 49.3 Å². The smallest absolute Gasteiger partial charge is 0.217 e. The van der Waals surface area contributed by atoms with E-state index in [0.29, 0.717) is 5.92 Å². The lowest BCUT2D eigenvalue weighted by Gasteiger charge is -2.39. The lowest BCUT2D eigenvalue weighted by Crippen LogP contribution is -2.51. The summed E-state index contributed by atoms with van der Waals surface area (Å²) in [6.07, 6.45) is 5.89. The van der Waals surface area contributed by atoms with Crippen LogP contribution in [0.4, 0.5) is 0 Å². The van der Waals surface area contributed by atoms with Crippen LogP contribution in [0.5, 0.6) is 0 Å². The summed E-state index contributed by atoms with van der Waals surface area (Å²) in [6, 6.07) is 0.0509. The molecule has 2 N–H and O–H groups in total. The molecule has 86 valence electrons. The molecular formula is C12H21NO2. The van der Waals surface area contributed by atoms with Gasteiger partial charge in [-0.3, -0.25) is 4.79 Å². The van der Waals surface area contributed by atoms with Crippen LogP contribution >= 0.6 is 0 Å². The fourth-order valence-corrected chi connectivity index (χ4v) is 2.45. The molecular weight excluding hydrogens is 190 g/mol. The van der Waals surface area contributed by atoms with Gasteiger partial charge in [-0.05, 0) is 18.8 Å². The van der Waals surface area contributed by atoms with Gasteiger partial charge in [0.05, 0.1) is 6.61 Å². The van der Waals surface area contributed by atoms with E-state index >= 15 is 0 Å². The molecule has 0 radical (unpaired) electrons. The zero-order valence-corrected chi connectivity index (χ0v) is 9.79. The first-order chi connectivity index (χ1) is 7.02. The Kier molecular flexibility index (Phi) is 3.91. The quantitative estimate of drug-likeness (QED) is 0.692. The summed E-state index contributed by atoms with van der Waals surface area (Å²) < 4.78 is 0. The van der Waals surface area contributed by atoms with Crippen LogP contribution in [-0.4, -0.2) is 23.7 Å². The van der Waals surface area contributed by atoms with Crippen LogP contribution in [0.15, 0.2) is 12.2 Å². The van der Waals surface area contributed by atoms with Gasteiger partial charge in [-0.2, -0.15) is 0 Å². The predicted octanol–water partition coefficient (Wildman–Crippen LogP) is 1.48. The average Bonchev–Trinajstić information content (AvgIpc) is 2.63. The molecule has 0 saturated heterocycles. The second-order valence-corrected chi connectivity index (χ2v) is 4.82. The van der Waals surface area contributed by atoms with Crippen molar-refractivity contribution < 1.29 is 9.90 Å². The van der Waals surface area contributed by atoms with E-state index in [2.05, 4.69) is 31.3 Å². The Morgan fingerprint density at radius 3 is 2.33 bits per heavy atom. The van der Waals surface area contributed by atoms with Crippen molar-refractivity contribution in [2.75, 3.05) is 6.61 Å². The van der Waals surface area contributed by atoms with Gasteiger partial charge in [0.25, 0.3) is 0 Å². The Labute approximate surface area is 91.6 Å². The van der Waals surface area contributed by atoms with Crippen LogP contribution in [-0.2, 0) is 4.79 Å². The van der Waals surface area contributed by atoms with Gasteiger partial charge in [0.15, 0.2) is 0 Å². The summed E-state index contributed by atoms with van der Waals surface area (Å²) in [6.45, 7) is 5.82. The van der Waals surface area contributed by atoms with E-state index in [1.165, 1.54) is 6.92 Å². The minimum Gasteiger partial charge on any atom is -0.396 e. The van der Waals surface area contributed by atoms with Gasteiger partial charge in [-0.25, -0.2) is 0 Å². The Balaban J connectivity index is 2.81. The maximum Gasteiger partial charge on any atom is 0.217 e. The van der Waals surface area contributed by atoms with Gasteiger partial charge in [0, 0.05) is 18.4 Å². The molecule has 0 saturated carbocycles. The summed E-state index contributed by atoms with van der Waals surface area (Å²) in [5.41, 5.74) is -0.181. The molecule has 15 heavy (non-hydrogen) atoms. The molecule has 0 aromatic heterocycles. The van der Waals surface area contributed by atoms with Crippen molar-refractivity contribution in [3.8, 4) is 0 Å². The lowest BCUT2D eigenvalue weighted by molar-refractivity contribution is -0.121. The zero-order valence-electron chi connectivity index (χ0n) is 9.79. The highest BCUT2D eigenvalue weighted by atomic mass is 16.3. The SMILES string of the molecule is CC(=O)NC(C(C)C)C1(CO)CC=CC1. The predicted molar refractivity (Wildman–Crippen MR) is 60.3 cm³/mol. The maximum absolute atomic E-state index is 11.2. The lowest BCUT2D eigenvalue weighted by atomic mass is 9.74. The second kappa shape index (κ2) is 4.79. The van der Waals surface area contributed by atoms with Gasteiger partial charge in [0.2, 0.25) is 5.91 Å². The number of rotatable bonds is 4. The van der Waals surface area contributed by atoms with Gasteiger partial charge in [-0.1, -0.05) is 26.0 Å². The van der Waals surface area contributed by atoms with Crippen molar-refractivity contribution in [1.82, 2.24) is 5.32 Å². The Morgan fingerprint density at radius 2 is 2.00 bits per heavy atom. The zero-order chi connectivity index (χ0) is 11.5. The van der Waals surface area contributed by atoms with Crippen LogP contribution in [0.2, 0.25) is 0 Å². The van der Waals surface area contributed by atoms with Gasteiger partial charge in [-0.15, -0.1) is 0 Å². The van der Waals surface area contributed by atoms with Crippen LogP contribution in [0.25, 0.3) is 0 Å². The molecule has 3 nitrogen and oxygen atoms in total. The number of allylic oxidation sites excluding steroid dienone is 2. The van der Waals surface area contributed by atoms with Crippen LogP contribution in [0, 0.1) is 11.3 Å². The third-order valence-corrected chi connectivity index (χ3v) is 3.22.